The van der Waals surface area contributed by atoms with E-state index in [1.165, 1.54) is 31.0 Å². The van der Waals surface area contributed by atoms with Crippen molar-refractivity contribution >= 4 is 17.8 Å². The van der Waals surface area contributed by atoms with E-state index in [1.54, 1.807) is 0 Å². The number of amides is 4. The Labute approximate surface area is 146 Å². The second-order valence-corrected chi connectivity index (χ2v) is 6.64. The zero-order valence-electron chi connectivity index (χ0n) is 14.8. The molecule has 0 saturated carbocycles. The summed E-state index contributed by atoms with van der Waals surface area (Å²) in [5.41, 5.74) is 3.30. The lowest BCUT2D eigenvalue weighted by molar-refractivity contribution is -0.131. The minimum atomic E-state index is -0.747. The largest absolute Gasteiger partial charge is 0.349 e. The second-order valence-electron chi connectivity index (χ2n) is 6.64. The predicted molar refractivity (Wildman–Crippen MR) is 89.6 cm³/mol. The maximum absolute atomic E-state index is 12.2. The topological polar surface area (TPSA) is 95.5 Å². The number of urea groups is 1. The van der Waals surface area contributed by atoms with Crippen LogP contribution < -0.4 is 5.32 Å². The Morgan fingerprint density at radius 3 is 2.60 bits per heavy atom. The number of fused-ring (bicyclic) bond motifs is 1. The van der Waals surface area contributed by atoms with Crippen molar-refractivity contribution in [2.75, 3.05) is 14.1 Å². The number of carbonyl (C=O) groups is 3. The number of aromatic nitrogens is 2. The summed E-state index contributed by atoms with van der Waals surface area (Å²) in [6.45, 7) is 2.20. The molecule has 0 bridgehead atoms. The number of nitrogens with zero attached hydrogens (tertiary/aromatic N) is 4. The Balaban J connectivity index is 1.60. The summed E-state index contributed by atoms with van der Waals surface area (Å²) < 4.78 is 0. The highest BCUT2D eigenvalue weighted by Crippen LogP contribution is 2.21. The van der Waals surface area contributed by atoms with Crippen LogP contribution >= 0.6 is 0 Å². The third-order valence-electron chi connectivity index (χ3n) is 4.93. The highest BCUT2D eigenvalue weighted by atomic mass is 16.2. The molecule has 1 fully saturated rings. The molecule has 1 saturated heterocycles. The van der Waals surface area contributed by atoms with Gasteiger partial charge in [0.05, 0.1) is 13.0 Å². The SMILES string of the molecule is Cc1nc(CNC(=O)C[C@@H]2C(=O)N(C)C(=O)N2C)nc2c1CCCC2. The van der Waals surface area contributed by atoms with Crippen molar-refractivity contribution in [1.82, 2.24) is 25.1 Å². The van der Waals surface area contributed by atoms with Crippen molar-refractivity contribution in [2.24, 2.45) is 0 Å². The molecule has 2 heterocycles. The average molecular weight is 345 g/mol. The molecule has 1 aromatic heterocycles. The van der Waals surface area contributed by atoms with Crippen molar-refractivity contribution in [3.05, 3.63) is 22.8 Å². The van der Waals surface area contributed by atoms with Gasteiger partial charge < -0.3 is 10.2 Å². The van der Waals surface area contributed by atoms with E-state index in [-0.39, 0.29) is 24.8 Å². The van der Waals surface area contributed by atoms with Crippen molar-refractivity contribution < 1.29 is 14.4 Å². The molecule has 25 heavy (non-hydrogen) atoms. The lowest BCUT2D eigenvalue weighted by Crippen LogP contribution is -2.37. The first-order valence-corrected chi connectivity index (χ1v) is 8.54. The van der Waals surface area contributed by atoms with Gasteiger partial charge in [0, 0.05) is 25.5 Å². The minimum Gasteiger partial charge on any atom is -0.349 e. The lowest BCUT2D eigenvalue weighted by atomic mass is 9.95. The van der Waals surface area contributed by atoms with Crippen LogP contribution in [0.5, 0.6) is 0 Å². The Bertz CT molecular complexity index is 733. The predicted octanol–water partition coefficient (Wildman–Crippen LogP) is 0.563. The Hall–Kier alpha value is -2.51. The Morgan fingerprint density at radius 1 is 1.20 bits per heavy atom. The number of likely N-dealkylation sites (N-methyl/N-ethyl adjacent to an activating group) is 2. The van der Waals surface area contributed by atoms with Gasteiger partial charge >= 0.3 is 6.03 Å². The van der Waals surface area contributed by atoms with Gasteiger partial charge in [-0.1, -0.05) is 0 Å². The number of hydrogen-bond donors (Lipinski definition) is 1. The minimum absolute atomic E-state index is 0.0602. The van der Waals surface area contributed by atoms with E-state index in [1.807, 2.05) is 6.92 Å². The quantitative estimate of drug-likeness (QED) is 0.805. The van der Waals surface area contributed by atoms with E-state index in [4.69, 9.17) is 0 Å². The fourth-order valence-corrected chi connectivity index (χ4v) is 3.43. The second kappa shape index (κ2) is 6.78. The molecule has 4 amide bonds. The maximum atomic E-state index is 12.2. The summed E-state index contributed by atoms with van der Waals surface area (Å²) in [5, 5.41) is 2.76. The third kappa shape index (κ3) is 3.33. The number of aryl methyl sites for hydroxylation is 2. The van der Waals surface area contributed by atoms with Gasteiger partial charge in [0.2, 0.25) is 5.91 Å². The molecule has 0 spiro atoms. The molecule has 1 atom stereocenters. The van der Waals surface area contributed by atoms with E-state index < -0.39 is 12.1 Å². The van der Waals surface area contributed by atoms with Crippen molar-refractivity contribution in [3.63, 3.8) is 0 Å². The standard InChI is InChI=1S/C17H23N5O3/c1-10-11-6-4-5-7-12(11)20-14(19-10)9-18-15(23)8-13-16(24)22(3)17(25)21(13)2/h13H,4-9H2,1-3H3,(H,18,23)/t13-/m1/s1. The molecule has 8 heteroatoms. The highest BCUT2D eigenvalue weighted by molar-refractivity contribution is 6.05. The van der Waals surface area contributed by atoms with Crippen molar-refractivity contribution in [3.8, 4) is 0 Å². The summed E-state index contributed by atoms with van der Waals surface area (Å²) in [4.78, 5) is 47.3. The van der Waals surface area contributed by atoms with Crippen LogP contribution in [0.15, 0.2) is 0 Å². The molecular weight excluding hydrogens is 322 g/mol. The van der Waals surface area contributed by atoms with Crippen LogP contribution in [-0.2, 0) is 29.0 Å². The fourth-order valence-electron chi connectivity index (χ4n) is 3.43. The smallest absolute Gasteiger partial charge is 0.326 e. The molecule has 1 aliphatic heterocycles. The van der Waals surface area contributed by atoms with E-state index in [2.05, 4.69) is 15.3 Å². The molecular formula is C17H23N5O3. The van der Waals surface area contributed by atoms with Gasteiger partial charge in [-0.05, 0) is 38.2 Å². The number of hydrogen-bond acceptors (Lipinski definition) is 5. The number of nitrogens with one attached hydrogen (secondary N) is 1. The molecule has 3 rings (SSSR count). The van der Waals surface area contributed by atoms with Crippen LogP contribution in [-0.4, -0.2) is 57.8 Å². The number of rotatable bonds is 4. The third-order valence-corrected chi connectivity index (χ3v) is 4.93. The average Bonchev–Trinajstić information content (AvgIpc) is 2.78. The summed E-state index contributed by atoms with van der Waals surface area (Å²) in [6, 6.07) is -1.14. The molecule has 0 radical (unpaired) electrons. The number of carbonyl (C=O) groups excluding carboxylic acids is 3. The van der Waals surface area contributed by atoms with Crippen LogP contribution in [0.4, 0.5) is 4.79 Å². The summed E-state index contributed by atoms with van der Waals surface area (Å²) in [7, 11) is 2.94. The normalized spacial score (nSPS) is 20.0. The molecule has 2 aliphatic rings. The summed E-state index contributed by atoms with van der Waals surface area (Å²) in [5.74, 6) is -0.0680. The zero-order valence-corrected chi connectivity index (χ0v) is 14.8. The van der Waals surface area contributed by atoms with Crippen LogP contribution in [0, 0.1) is 6.92 Å². The van der Waals surface area contributed by atoms with E-state index >= 15 is 0 Å². The molecule has 1 N–H and O–H groups in total. The van der Waals surface area contributed by atoms with Crippen molar-refractivity contribution in [1.29, 1.82) is 0 Å². The Kier molecular flexibility index (Phi) is 4.69. The fraction of sp³-hybridized carbons (Fsp3) is 0.588. The van der Waals surface area contributed by atoms with Gasteiger partial charge in [0.15, 0.2) is 0 Å². The first kappa shape index (κ1) is 17.3. The van der Waals surface area contributed by atoms with Crippen LogP contribution in [0.3, 0.4) is 0 Å². The van der Waals surface area contributed by atoms with Gasteiger partial charge in [0.25, 0.3) is 5.91 Å². The van der Waals surface area contributed by atoms with Gasteiger partial charge in [-0.3, -0.25) is 14.5 Å². The number of imide groups is 1. The van der Waals surface area contributed by atoms with E-state index in [0.29, 0.717) is 5.82 Å². The monoisotopic (exact) mass is 345 g/mol. The maximum Gasteiger partial charge on any atom is 0.326 e. The lowest BCUT2D eigenvalue weighted by Gasteiger charge is -2.18. The van der Waals surface area contributed by atoms with E-state index in [9.17, 15) is 14.4 Å². The molecule has 1 aromatic rings. The van der Waals surface area contributed by atoms with Gasteiger partial charge in [-0.2, -0.15) is 0 Å². The molecule has 8 nitrogen and oxygen atoms in total. The Morgan fingerprint density at radius 2 is 1.92 bits per heavy atom. The van der Waals surface area contributed by atoms with Crippen LogP contribution in [0.25, 0.3) is 0 Å². The molecule has 0 unspecified atom stereocenters. The molecule has 134 valence electrons. The zero-order chi connectivity index (χ0) is 18.1. The molecule has 0 aromatic carbocycles. The van der Waals surface area contributed by atoms with Crippen molar-refractivity contribution in [2.45, 2.75) is 51.6 Å². The van der Waals surface area contributed by atoms with Gasteiger partial charge in [0.1, 0.15) is 11.9 Å². The highest BCUT2D eigenvalue weighted by Gasteiger charge is 2.41. The first-order valence-electron chi connectivity index (χ1n) is 8.54. The molecule has 1 aliphatic carbocycles. The van der Waals surface area contributed by atoms with Gasteiger partial charge in [-0.15, -0.1) is 0 Å². The first-order chi connectivity index (χ1) is 11.9. The van der Waals surface area contributed by atoms with E-state index in [0.717, 1.165) is 35.6 Å². The van der Waals surface area contributed by atoms with Crippen LogP contribution in [0.2, 0.25) is 0 Å². The van der Waals surface area contributed by atoms with Gasteiger partial charge in [-0.25, -0.2) is 14.8 Å². The van der Waals surface area contributed by atoms with Crippen LogP contribution in [0.1, 0.15) is 42.0 Å². The summed E-state index contributed by atoms with van der Waals surface area (Å²) in [6.07, 6.45) is 4.21. The summed E-state index contributed by atoms with van der Waals surface area (Å²) >= 11 is 0.